The van der Waals surface area contributed by atoms with E-state index >= 15 is 0 Å². The van der Waals surface area contributed by atoms with E-state index in [4.69, 9.17) is 0 Å². The van der Waals surface area contributed by atoms with Gasteiger partial charge in [0.05, 0.1) is 11.0 Å². The van der Waals surface area contributed by atoms with Crippen LogP contribution in [0, 0.1) is 15.9 Å². The molecule has 3 rings (SSSR count). The van der Waals surface area contributed by atoms with Crippen LogP contribution < -0.4 is 5.32 Å². The minimum Gasteiger partial charge on any atom is -0.314 e. The smallest absolute Gasteiger partial charge is 0.272 e. The van der Waals surface area contributed by atoms with E-state index in [9.17, 15) is 14.5 Å². The maximum absolute atomic E-state index is 14.1. The van der Waals surface area contributed by atoms with Gasteiger partial charge in [0.1, 0.15) is 5.82 Å². The van der Waals surface area contributed by atoms with E-state index in [1.165, 1.54) is 12.1 Å². The minimum atomic E-state index is -0.587. The van der Waals surface area contributed by atoms with Crippen molar-refractivity contribution in [2.75, 3.05) is 19.6 Å². The van der Waals surface area contributed by atoms with E-state index in [0.29, 0.717) is 12.1 Å². The van der Waals surface area contributed by atoms with Crippen molar-refractivity contribution < 1.29 is 9.31 Å². The second kappa shape index (κ2) is 6.80. The van der Waals surface area contributed by atoms with Gasteiger partial charge in [-0.15, -0.1) is 0 Å². The molecule has 0 bridgehead atoms. The highest BCUT2D eigenvalue weighted by molar-refractivity contribution is 5.34. The summed E-state index contributed by atoms with van der Waals surface area (Å²) in [6.07, 6.45) is 3.54. The van der Waals surface area contributed by atoms with E-state index in [-0.39, 0.29) is 11.7 Å². The van der Waals surface area contributed by atoms with Crippen LogP contribution >= 0.6 is 0 Å². The highest BCUT2D eigenvalue weighted by Gasteiger charge is 2.25. The van der Waals surface area contributed by atoms with E-state index < -0.39 is 10.7 Å². The number of hydrogen-bond donors (Lipinski definition) is 1. The topological polar surface area (TPSA) is 71.3 Å². The highest BCUT2D eigenvalue weighted by Crippen LogP contribution is 2.25. The zero-order valence-electron chi connectivity index (χ0n) is 12.5. The number of nitro benzene ring substituents is 1. The van der Waals surface area contributed by atoms with Gasteiger partial charge in [-0.3, -0.25) is 20.0 Å². The molecule has 1 aromatic heterocycles. The van der Waals surface area contributed by atoms with Gasteiger partial charge in [-0.1, -0.05) is 6.07 Å². The Morgan fingerprint density at radius 1 is 1.43 bits per heavy atom. The Labute approximate surface area is 133 Å². The molecule has 1 aliphatic heterocycles. The molecule has 1 fully saturated rings. The fourth-order valence-corrected chi connectivity index (χ4v) is 2.83. The second-order valence-electron chi connectivity index (χ2n) is 5.51. The lowest BCUT2D eigenvalue weighted by Gasteiger charge is -2.36. The van der Waals surface area contributed by atoms with Crippen LogP contribution in [0.2, 0.25) is 0 Å². The number of nitrogens with one attached hydrogen (secondary N) is 1. The zero-order valence-corrected chi connectivity index (χ0v) is 12.5. The summed E-state index contributed by atoms with van der Waals surface area (Å²) in [6, 6.07) is 7.82. The molecule has 1 N–H and O–H groups in total. The van der Waals surface area contributed by atoms with Crippen molar-refractivity contribution in [1.82, 2.24) is 15.2 Å². The van der Waals surface area contributed by atoms with E-state index in [2.05, 4.69) is 15.2 Å². The van der Waals surface area contributed by atoms with E-state index in [0.717, 1.165) is 31.3 Å². The Hall–Kier alpha value is -2.38. The molecule has 23 heavy (non-hydrogen) atoms. The van der Waals surface area contributed by atoms with Crippen LogP contribution in [0.1, 0.15) is 17.2 Å². The summed E-state index contributed by atoms with van der Waals surface area (Å²) in [5.74, 6) is -0.539. The molecule has 0 spiro atoms. The van der Waals surface area contributed by atoms with Gasteiger partial charge >= 0.3 is 0 Å². The summed E-state index contributed by atoms with van der Waals surface area (Å²) >= 11 is 0. The zero-order chi connectivity index (χ0) is 16.2. The normalized spacial score (nSPS) is 18.7. The number of non-ortho nitro benzene ring substituents is 1. The maximum atomic E-state index is 14.1. The molecular weight excluding hydrogens is 299 g/mol. The van der Waals surface area contributed by atoms with Gasteiger partial charge in [-0.05, 0) is 17.7 Å². The Balaban J connectivity index is 1.81. The molecule has 1 aromatic carbocycles. The number of hydrogen-bond acceptors (Lipinski definition) is 5. The molecule has 0 amide bonds. The first-order valence-electron chi connectivity index (χ1n) is 7.42. The number of nitro groups is 1. The van der Waals surface area contributed by atoms with Gasteiger partial charge in [0.25, 0.3) is 5.69 Å². The molecule has 2 aromatic rings. The molecule has 0 saturated carbocycles. The summed E-state index contributed by atoms with van der Waals surface area (Å²) in [4.78, 5) is 16.4. The van der Waals surface area contributed by atoms with Gasteiger partial charge in [0.2, 0.25) is 0 Å². The van der Waals surface area contributed by atoms with Gasteiger partial charge in [0, 0.05) is 56.2 Å². The summed E-state index contributed by atoms with van der Waals surface area (Å²) in [7, 11) is 0. The third-order valence-corrected chi connectivity index (χ3v) is 4.04. The molecule has 120 valence electrons. The number of halogens is 1. The Morgan fingerprint density at radius 3 is 3.00 bits per heavy atom. The van der Waals surface area contributed by atoms with Crippen LogP contribution in [-0.2, 0) is 6.54 Å². The molecule has 1 atom stereocenters. The summed E-state index contributed by atoms with van der Waals surface area (Å²) in [5.41, 5.74) is 1.31. The number of nitrogens with zero attached hydrogens (tertiary/aromatic N) is 3. The van der Waals surface area contributed by atoms with E-state index in [1.54, 1.807) is 6.20 Å². The number of piperazine rings is 1. The molecule has 2 heterocycles. The monoisotopic (exact) mass is 316 g/mol. The van der Waals surface area contributed by atoms with Gasteiger partial charge < -0.3 is 5.32 Å². The number of aromatic nitrogens is 1. The van der Waals surface area contributed by atoms with Crippen molar-refractivity contribution in [2.45, 2.75) is 12.6 Å². The molecule has 1 aliphatic rings. The molecule has 7 heteroatoms. The predicted molar refractivity (Wildman–Crippen MR) is 83.3 cm³/mol. The molecular formula is C16H17FN4O2. The minimum absolute atomic E-state index is 0.104. The standard InChI is InChI=1S/C16H17FN4O2/c17-15-8-14(21(22)23)4-3-13(15)11-20-7-6-19-10-16(20)12-2-1-5-18-9-12/h1-5,8-9,16,19H,6-7,10-11H2. The lowest BCUT2D eigenvalue weighted by atomic mass is 10.0. The van der Waals surface area contributed by atoms with Crippen LogP contribution in [-0.4, -0.2) is 34.4 Å². The number of benzene rings is 1. The first kappa shape index (κ1) is 15.5. The van der Waals surface area contributed by atoms with Crippen molar-refractivity contribution in [3.63, 3.8) is 0 Å². The van der Waals surface area contributed by atoms with Crippen LogP contribution in [0.15, 0.2) is 42.7 Å². The quantitative estimate of drug-likeness (QED) is 0.692. The molecule has 0 aliphatic carbocycles. The van der Waals surface area contributed by atoms with E-state index in [1.807, 2.05) is 18.3 Å². The average Bonchev–Trinajstić information content (AvgIpc) is 2.58. The molecule has 1 unspecified atom stereocenters. The molecule has 1 saturated heterocycles. The fourth-order valence-electron chi connectivity index (χ4n) is 2.83. The fraction of sp³-hybridized carbons (Fsp3) is 0.312. The van der Waals surface area contributed by atoms with Crippen LogP contribution in [0.5, 0.6) is 0 Å². The number of pyridine rings is 1. The van der Waals surface area contributed by atoms with Gasteiger partial charge in [0.15, 0.2) is 0 Å². The van der Waals surface area contributed by atoms with Crippen molar-refractivity contribution in [1.29, 1.82) is 0 Å². The van der Waals surface area contributed by atoms with Gasteiger partial charge in [-0.2, -0.15) is 0 Å². The first-order valence-corrected chi connectivity index (χ1v) is 7.42. The Kier molecular flexibility index (Phi) is 4.59. The van der Waals surface area contributed by atoms with Crippen LogP contribution in [0.3, 0.4) is 0 Å². The lowest BCUT2D eigenvalue weighted by molar-refractivity contribution is -0.385. The number of rotatable bonds is 4. The average molecular weight is 316 g/mol. The SMILES string of the molecule is O=[N+]([O-])c1ccc(CN2CCNCC2c2cccnc2)c(F)c1. The summed E-state index contributed by atoms with van der Waals surface area (Å²) in [6.45, 7) is 2.77. The third-order valence-electron chi connectivity index (χ3n) is 4.04. The molecule has 6 nitrogen and oxygen atoms in total. The van der Waals surface area contributed by atoms with Gasteiger partial charge in [-0.25, -0.2) is 4.39 Å². The third kappa shape index (κ3) is 3.52. The highest BCUT2D eigenvalue weighted by atomic mass is 19.1. The Bertz CT molecular complexity index is 696. The second-order valence-corrected chi connectivity index (χ2v) is 5.51. The van der Waals surface area contributed by atoms with Crippen molar-refractivity contribution in [2.24, 2.45) is 0 Å². The maximum Gasteiger partial charge on any atom is 0.272 e. The Morgan fingerprint density at radius 2 is 2.30 bits per heavy atom. The van der Waals surface area contributed by atoms with Crippen molar-refractivity contribution in [3.8, 4) is 0 Å². The lowest BCUT2D eigenvalue weighted by Crippen LogP contribution is -2.45. The van der Waals surface area contributed by atoms with Crippen molar-refractivity contribution >= 4 is 5.69 Å². The predicted octanol–water partition coefficient (Wildman–Crippen LogP) is 2.28. The van der Waals surface area contributed by atoms with Crippen molar-refractivity contribution in [3.05, 3.63) is 69.8 Å². The summed E-state index contributed by atoms with van der Waals surface area (Å²) in [5, 5.41) is 14.0. The molecule has 0 radical (unpaired) electrons. The first-order chi connectivity index (χ1) is 11.1. The van der Waals surface area contributed by atoms with Crippen LogP contribution in [0.4, 0.5) is 10.1 Å². The van der Waals surface area contributed by atoms with Crippen LogP contribution in [0.25, 0.3) is 0 Å². The largest absolute Gasteiger partial charge is 0.314 e. The summed E-state index contributed by atoms with van der Waals surface area (Å²) < 4.78 is 14.1.